The summed E-state index contributed by atoms with van der Waals surface area (Å²) in [6.45, 7) is 17.6. The number of nitrogens with zero attached hydrogens (tertiary/aromatic N) is 1. The number of hydrogen-bond donors (Lipinski definition) is 3. The van der Waals surface area contributed by atoms with E-state index in [4.69, 9.17) is 23.4 Å². The molecule has 0 saturated carbocycles. The van der Waals surface area contributed by atoms with E-state index in [1.165, 1.54) is 5.57 Å². The molecule has 6 rings (SSSR count). The molecule has 2 saturated heterocycles. The highest BCUT2D eigenvalue weighted by Gasteiger charge is 2.47. The van der Waals surface area contributed by atoms with Gasteiger partial charge in [0.15, 0.2) is 8.32 Å². The van der Waals surface area contributed by atoms with E-state index in [-0.39, 0.29) is 83.5 Å². The molecule has 1 aromatic carbocycles. The summed E-state index contributed by atoms with van der Waals surface area (Å²) in [7, 11) is -2.04. The van der Waals surface area contributed by atoms with Crippen molar-refractivity contribution in [2.24, 2.45) is 23.7 Å². The molecule has 0 aromatic heterocycles. The Labute approximate surface area is 366 Å². The highest BCUT2D eigenvalue weighted by molar-refractivity contribution is 6.74. The molecular formula is C46H66N4O11Si. The van der Waals surface area contributed by atoms with Gasteiger partial charge in [0.25, 0.3) is 11.8 Å². The van der Waals surface area contributed by atoms with Gasteiger partial charge in [0.2, 0.25) is 11.8 Å². The number of imide groups is 2. The Kier molecular flexibility index (Phi) is 15.5. The van der Waals surface area contributed by atoms with Crippen LogP contribution >= 0.6 is 0 Å². The largest absolute Gasteiger partial charge is 0.462 e. The van der Waals surface area contributed by atoms with Crippen molar-refractivity contribution in [1.82, 2.24) is 15.5 Å². The van der Waals surface area contributed by atoms with Gasteiger partial charge in [-0.15, -0.1) is 0 Å². The monoisotopic (exact) mass is 878 g/mol. The quantitative estimate of drug-likeness (QED) is 0.0648. The van der Waals surface area contributed by atoms with E-state index in [1.54, 1.807) is 18.2 Å². The number of hydrogen-bond acceptors (Lipinski definition) is 12. The van der Waals surface area contributed by atoms with Gasteiger partial charge in [-0.1, -0.05) is 58.9 Å². The summed E-state index contributed by atoms with van der Waals surface area (Å²) in [5.74, 6) is -1.56. The van der Waals surface area contributed by atoms with Gasteiger partial charge in [0.05, 0.1) is 43.5 Å². The van der Waals surface area contributed by atoms with Crippen LogP contribution in [0.2, 0.25) is 18.1 Å². The predicted octanol–water partition coefficient (Wildman–Crippen LogP) is 6.30. The van der Waals surface area contributed by atoms with Gasteiger partial charge < -0.3 is 34.0 Å². The number of carbonyl (C=O) groups excluding carboxylic acids is 6. The van der Waals surface area contributed by atoms with Crippen molar-refractivity contribution in [3.63, 3.8) is 0 Å². The van der Waals surface area contributed by atoms with E-state index < -0.39 is 44.1 Å². The average molecular weight is 879 g/mol. The Balaban J connectivity index is 0.877. The molecule has 2 fully saturated rings. The Morgan fingerprint density at radius 1 is 0.968 bits per heavy atom. The number of nitrogens with one attached hydrogen (secondary N) is 3. The van der Waals surface area contributed by atoms with Crippen LogP contribution in [0, 0.1) is 23.7 Å². The second-order valence-electron chi connectivity index (χ2n) is 19.0. The molecule has 16 heteroatoms. The first kappa shape index (κ1) is 47.1. The van der Waals surface area contributed by atoms with Crippen LogP contribution in [0.15, 0.2) is 42.0 Å². The first-order valence-electron chi connectivity index (χ1n) is 22.4. The number of esters is 1. The summed E-state index contributed by atoms with van der Waals surface area (Å²) >= 11 is 0. The lowest BCUT2D eigenvalue weighted by Crippen LogP contribution is -2.54. The summed E-state index contributed by atoms with van der Waals surface area (Å²) < 4.78 is 30.0. The lowest BCUT2D eigenvalue weighted by atomic mass is 9.65. The number of anilines is 1. The Morgan fingerprint density at radius 3 is 2.47 bits per heavy atom. The fraction of sp³-hybridized carbons (Fsp3) is 0.652. The number of allylic oxidation sites excluding steroid dienone is 3. The van der Waals surface area contributed by atoms with E-state index in [1.807, 2.05) is 0 Å². The molecule has 15 nitrogen and oxygen atoms in total. The minimum absolute atomic E-state index is 0.0506. The third kappa shape index (κ3) is 11.4. The Bertz CT molecular complexity index is 1910. The third-order valence-corrected chi connectivity index (χ3v) is 17.8. The summed E-state index contributed by atoms with van der Waals surface area (Å²) in [5.41, 5.74) is 2.14. The van der Waals surface area contributed by atoms with Crippen molar-refractivity contribution in [1.29, 1.82) is 0 Å². The van der Waals surface area contributed by atoms with Crippen LogP contribution in [0.1, 0.15) is 107 Å². The molecule has 0 bridgehead atoms. The van der Waals surface area contributed by atoms with Crippen LogP contribution in [-0.4, -0.2) is 113 Å². The summed E-state index contributed by atoms with van der Waals surface area (Å²) in [5, 5.41) is 8.32. The Morgan fingerprint density at radius 2 is 1.73 bits per heavy atom. The second kappa shape index (κ2) is 20.4. The van der Waals surface area contributed by atoms with Gasteiger partial charge in [0.1, 0.15) is 18.2 Å². The van der Waals surface area contributed by atoms with Crippen molar-refractivity contribution in [2.45, 2.75) is 128 Å². The minimum Gasteiger partial charge on any atom is -0.462 e. The van der Waals surface area contributed by atoms with Gasteiger partial charge in [-0.25, -0.2) is 4.79 Å². The number of alkyl carbamates (subject to hydrolysis) is 1. The lowest BCUT2D eigenvalue weighted by molar-refractivity contribution is -0.160. The van der Waals surface area contributed by atoms with Gasteiger partial charge in [-0.2, -0.15) is 0 Å². The van der Waals surface area contributed by atoms with Crippen LogP contribution in [0.4, 0.5) is 10.5 Å². The minimum atomic E-state index is -2.04. The molecule has 8 atom stereocenters. The molecule has 3 heterocycles. The van der Waals surface area contributed by atoms with Crippen molar-refractivity contribution in [3.8, 4) is 0 Å². The first-order valence-corrected chi connectivity index (χ1v) is 25.3. The van der Waals surface area contributed by atoms with Crippen molar-refractivity contribution >= 4 is 49.7 Å². The van der Waals surface area contributed by atoms with Crippen LogP contribution in [-0.2, 0) is 37.8 Å². The van der Waals surface area contributed by atoms with Crippen LogP contribution < -0.4 is 16.0 Å². The molecule has 2 aliphatic carbocycles. The molecular weight excluding hydrogens is 813 g/mol. The van der Waals surface area contributed by atoms with E-state index in [9.17, 15) is 28.8 Å². The lowest BCUT2D eigenvalue weighted by Gasteiger charge is -2.44. The normalized spacial score (nSPS) is 27.6. The van der Waals surface area contributed by atoms with Crippen molar-refractivity contribution in [3.05, 3.63) is 53.1 Å². The van der Waals surface area contributed by atoms with Crippen LogP contribution in [0.3, 0.4) is 0 Å². The highest BCUT2D eigenvalue weighted by atomic mass is 28.4. The van der Waals surface area contributed by atoms with Gasteiger partial charge in [0, 0.05) is 44.1 Å². The zero-order valence-corrected chi connectivity index (χ0v) is 38.4. The number of carbonyl (C=O) groups is 6. The fourth-order valence-corrected chi connectivity index (χ4v) is 10.5. The molecule has 3 aliphatic heterocycles. The molecule has 0 radical (unpaired) electrons. The summed E-state index contributed by atoms with van der Waals surface area (Å²) in [6.07, 6.45) is 9.74. The average Bonchev–Trinajstić information content (AvgIpc) is 3.44. The second-order valence-corrected chi connectivity index (χ2v) is 23.7. The Hall–Kier alpha value is -4.38. The zero-order chi connectivity index (χ0) is 44.8. The summed E-state index contributed by atoms with van der Waals surface area (Å²) in [4.78, 5) is 77.1. The zero-order valence-electron chi connectivity index (χ0n) is 37.4. The molecule has 1 unspecified atom stereocenters. The summed E-state index contributed by atoms with van der Waals surface area (Å²) in [6, 6.07) is 3.93. The SMILES string of the molecule is C[C@H]1C=C2C=C[C@H](C)[C@H](CC[C@@H]3C[C@@H](O[Si](C)(C)C(C)(C)C)CC(=O)O3)[C@H]2[C@@H](OC(=O)NCCOCCOCCCNc2cccc3c2C(=O)N(C2CCC(=O)NC2=O)C3=O)C1. The third-order valence-electron chi connectivity index (χ3n) is 13.3. The van der Waals surface area contributed by atoms with E-state index in [0.29, 0.717) is 57.9 Å². The number of benzene rings is 1. The topological polar surface area (TPSA) is 188 Å². The number of piperidine rings is 1. The van der Waals surface area contributed by atoms with Crippen molar-refractivity contribution < 1.29 is 52.1 Å². The molecule has 1 aromatic rings. The molecule has 62 heavy (non-hydrogen) atoms. The molecule has 5 aliphatic rings. The van der Waals surface area contributed by atoms with Crippen LogP contribution in [0.5, 0.6) is 0 Å². The smallest absolute Gasteiger partial charge is 0.407 e. The standard InChI is InChI=1S/C46H66N4O11Si/c1-28-24-30-13-12-29(2)33(15-14-31-26-32(27-39(52)59-31)61-62(6,7)46(3,4)5)40(30)37(25-28)60-45(56)48-19-21-58-23-22-57-20-9-18-47-35-11-8-10-34-41(35)44(55)50(43(34)54)36-16-17-38(51)49-42(36)53/h8,10-13,24,28-29,31-33,36-37,40,47H,9,14-23,25-27H2,1-7H3,(H,48,56)(H,49,51,53)/t28-,29-,31+,32+,33-,36?,37-,40-/m0/s1. The van der Waals surface area contributed by atoms with E-state index in [0.717, 1.165) is 24.2 Å². The van der Waals surface area contributed by atoms with Crippen molar-refractivity contribution in [2.75, 3.05) is 44.8 Å². The number of rotatable bonds is 18. The maximum absolute atomic E-state index is 13.3. The fourth-order valence-electron chi connectivity index (χ4n) is 9.09. The van der Waals surface area contributed by atoms with Gasteiger partial charge in [-0.3, -0.25) is 34.2 Å². The molecule has 340 valence electrons. The van der Waals surface area contributed by atoms with Gasteiger partial charge in [-0.05, 0) is 85.7 Å². The molecule has 5 amide bonds. The number of fused-ring (bicyclic) bond motifs is 2. The maximum atomic E-state index is 13.3. The predicted molar refractivity (Wildman–Crippen MR) is 234 cm³/mol. The number of cyclic esters (lactones) is 1. The maximum Gasteiger partial charge on any atom is 0.407 e. The molecule has 3 N–H and O–H groups in total. The number of ether oxygens (including phenoxy) is 4. The van der Waals surface area contributed by atoms with E-state index in [2.05, 4.69) is 81.9 Å². The first-order chi connectivity index (χ1) is 29.4. The molecule has 0 spiro atoms. The van der Waals surface area contributed by atoms with Crippen LogP contribution in [0.25, 0.3) is 0 Å². The van der Waals surface area contributed by atoms with E-state index >= 15 is 0 Å². The number of amides is 5. The highest BCUT2D eigenvalue weighted by Crippen LogP contribution is 2.46. The van der Waals surface area contributed by atoms with Gasteiger partial charge >= 0.3 is 12.1 Å².